The molecule has 73 heavy (non-hydrogen) atoms. The highest BCUT2D eigenvalue weighted by Gasteiger charge is 2.54. The molecule has 3 aromatic heterocycles. The summed E-state index contributed by atoms with van der Waals surface area (Å²) in [7, 11) is 0. The van der Waals surface area contributed by atoms with Crippen LogP contribution in [0.3, 0.4) is 0 Å². The molecule has 0 bridgehead atoms. The van der Waals surface area contributed by atoms with E-state index in [2.05, 4.69) is 42.6 Å². The highest BCUT2D eigenvalue weighted by molar-refractivity contribution is 6.05. The molecule has 17 nitrogen and oxygen atoms in total. The van der Waals surface area contributed by atoms with E-state index in [1.807, 2.05) is 42.2 Å². The number of carbonyl (C=O) groups is 5. The molecule has 19 heteroatoms. The van der Waals surface area contributed by atoms with Gasteiger partial charge in [0.2, 0.25) is 17.7 Å². The minimum Gasteiger partial charge on any atom is -0.492 e. The van der Waals surface area contributed by atoms with Gasteiger partial charge in [-0.2, -0.15) is 10.4 Å². The summed E-state index contributed by atoms with van der Waals surface area (Å²) >= 11 is 0. The quantitative estimate of drug-likeness (QED) is 0.152. The molecule has 0 saturated carbocycles. The molecule has 5 aromatic rings. The Bertz CT molecular complexity index is 3050. The fourth-order valence-electron chi connectivity index (χ4n) is 12.2. The van der Waals surface area contributed by atoms with Crippen molar-refractivity contribution in [3.63, 3.8) is 0 Å². The first kappa shape index (κ1) is 48.0. The van der Waals surface area contributed by atoms with Gasteiger partial charge >= 0.3 is 0 Å². The number of carbonyl (C=O) groups excluding carboxylic acids is 5. The third kappa shape index (κ3) is 9.38. The Hall–Kier alpha value is -7.30. The van der Waals surface area contributed by atoms with Gasteiger partial charge in [-0.3, -0.25) is 34.2 Å². The van der Waals surface area contributed by atoms with Gasteiger partial charge in [-0.15, -0.1) is 0 Å². The lowest BCUT2D eigenvalue weighted by atomic mass is 9.71. The van der Waals surface area contributed by atoms with E-state index in [4.69, 9.17) is 9.72 Å². The number of fused-ring (bicyclic) bond motifs is 2. The molecule has 378 valence electrons. The number of amides is 5. The van der Waals surface area contributed by atoms with Crippen molar-refractivity contribution in [1.82, 2.24) is 44.8 Å². The van der Waals surface area contributed by atoms with E-state index in [9.17, 15) is 38.0 Å². The number of anilines is 1. The highest BCUT2D eigenvalue weighted by atomic mass is 19.1. The van der Waals surface area contributed by atoms with Gasteiger partial charge in [-0.1, -0.05) is 12.1 Å². The standard InChI is InChI=1S/C54H57F2N11O6/c1-2-73-40-23-42(49-38(24-57)26-59-67(49)28-40)36-4-9-46(58-25-36)64-19-14-54(15-20-64,61-50(70)43-22-39(55)5-7-44(43)56)33-63-29-53(30-63)31-65(32-53)48(69)13-18-62-16-11-34(12-17-62)35-3-6-41-37(21-35)27-66(52(41)72)45-8-10-47(68)60-51(45)71/h3-7,9,21-23,25-26,28,34,45H,2,8,10-20,27,29-33H2,1H3,(H,61,70)(H,60,68,71). The number of aromatic nitrogens is 3. The molecule has 1 unspecified atom stereocenters. The summed E-state index contributed by atoms with van der Waals surface area (Å²) in [6.07, 6.45) is 8.98. The summed E-state index contributed by atoms with van der Waals surface area (Å²) in [6, 6.07) is 16.3. The molecule has 1 atom stereocenters. The second-order valence-electron chi connectivity index (χ2n) is 20.8. The molecule has 2 N–H and O–H groups in total. The second-order valence-corrected chi connectivity index (χ2v) is 20.8. The summed E-state index contributed by atoms with van der Waals surface area (Å²) < 4.78 is 36.6. The maximum Gasteiger partial charge on any atom is 0.255 e. The predicted octanol–water partition coefficient (Wildman–Crippen LogP) is 4.89. The van der Waals surface area contributed by atoms with Crippen LogP contribution in [0, 0.1) is 28.4 Å². The molecule has 1 spiro atoms. The summed E-state index contributed by atoms with van der Waals surface area (Å²) in [5.74, 6) is -1.19. The number of hydrogen-bond acceptors (Lipinski definition) is 12. The molecule has 9 heterocycles. The molecule has 5 fully saturated rings. The lowest BCUT2D eigenvalue weighted by Crippen LogP contribution is -2.75. The van der Waals surface area contributed by atoms with E-state index >= 15 is 0 Å². The molecule has 0 radical (unpaired) electrons. The smallest absolute Gasteiger partial charge is 0.255 e. The number of nitrogens with zero attached hydrogens (tertiary/aromatic N) is 9. The molecular weight excluding hydrogens is 937 g/mol. The molecule has 5 saturated heterocycles. The molecule has 6 aliphatic heterocycles. The average molecular weight is 994 g/mol. The number of rotatable bonds is 13. The number of hydrogen-bond donors (Lipinski definition) is 2. The summed E-state index contributed by atoms with van der Waals surface area (Å²) in [5, 5.41) is 19.7. The van der Waals surface area contributed by atoms with Crippen LogP contribution in [0.1, 0.15) is 95.2 Å². The van der Waals surface area contributed by atoms with Crippen LogP contribution < -0.4 is 20.3 Å². The van der Waals surface area contributed by atoms with Crippen molar-refractivity contribution < 1.29 is 37.5 Å². The number of imide groups is 1. The second kappa shape index (κ2) is 19.3. The van der Waals surface area contributed by atoms with Crippen LogP contribution >= 0.6 is 0 Å². The Morgan fingerprint density at radius 1 is 0.918 bits per heavy atom. The minimum atomic E-state index is -0.790. The molecule has 2 aromatic carbocycles. The van der Waals surface area contributed by atoms with Crippen LogP contribution in [0.15, 0.2) is 73.2 Å². The monoisotopic (exact) mass is 993 g/mol. The largest absolute Gasteiger partial charge is 0.492 e. The number of pyridine rings is 2. The minimum absolute atomic E-state index is 0.0156. The topological polar surface area (TPSA) is 189 Å². The van der Waals surface area contributed by atoms with Gasteiger partial charge in [0.15, 0.2) is 0 Å². The van der Waals surface area contributed by atoms with Crippen molar-refractivity contribution in [2.24, 2.45) is 5.41 Å². The molecule has 11 rings (SSSR count). The number of halogens is 2. The third-order valence-electron chi connectivity index (χ3n) is 16.0. The fourth-order valence-corrected chi connectivity index (χ4v) is 12.2. The van der Waals surface area contributed by atoms with E-state index < -0.39 is 35.0 Å². The van der Waals surface area contributed by atoms with Crippen LogP contribution in [0.5, 0.6) is 5.75 Å². The molecule has 6 aliphatic rings. The van der Waals surface area contributed by atoms with Gasteiger partial charge in [0.25, 0.3) is 11.8 Å². The summed E-state index contributed by atoms with van der Waals surface area (Å²) in [5.41, 5.74) is 4.28. The van der Waals surface area contributed by atoms with Gasteiger partial charge in [-0.05, 0) is 112 Å². The highest BCUT2D eigenvalue weighted by Crippen LogP contribution is 2.42. The molecule has 0 aliphatic carbocycles. The van der Waals surface area contributed by atoms with Crippen LogP contribution in [0.4, 0.5) is 14.6 Å². The lowest BCUT2D eigenvalue weighted by Gasteiger charge is -2.62. The maximum atomic E-state index is 14.9. The van der Waals surface area contributed by atoms with E-state index in [0.29, 0.717) is 106 Å². The Morgan fingerprint density at radius 2 is 1.71 bits per heavy atom. The van der Waals surface area contributed by atoms with Gasteiger partial charge < -0.3 is 29.7 Å². The SMILES string of the molecule is CCOc1cc(-c2ccc(N3CCC(CN4CC5(C4)CN(C(=O)CCN4CCC(c6ccc7c(c6)CN(C6CCC(=O)NC6=O)C7=O)CC4)C5)(NC(=O)c4cc(F)ccc4F)CC3)nc2)c2c(C#N)cnn2c1. The first-order valence-electron chi connectivity index (χ1n) is 25.3. The number of likely N-dealkylation sites (tertiary alicyclic amines) is 3. The number of nitrogens with one attached hydrogen (secondary N) is 2. The van der Waals surface area contributed by atoms with Crippen LogP contribution in [-0.4, -0.2) is 147 Å². The van der Waals surface area contributed by atoms with Crippen molar-refractivity contribution in [2.45, 2.75) is 75.9 Å². The van der Waals surface area contributed by atoms with E-state index in [-0.39, 0.29) is 35.1 Å². The van der Waals surface area contributed by atoms with Crippen LogP contribution in [0.25, 0.3) is 16.6 Å². The Labute approximate surface area is 421 Å². The fraction of sp³-hybridized carbons (Fsp3) is 0.444. The first-order chi connectivity index (χ1) is 35.3. The van der Waals surface area contributed by atoms with Gasteiger partial charge in [0.1, 0.15) is 35.3 Å². The van der Waals surface area contributed by atoms with Crippen molar-refractivity contribution in [3.05, 3.63) is 113 Å². The number of nitriles is 1. The molecule has 5 amide bonds. The Balaban J connectivity index is 0.671. The zero-order chi connectivity index (χ0) is 50.6. The number of piperidine rings is 3. The average Bonchev–Trinajstić information content (AvgIpc) is 3.94. The predicted molar refractivity (Wildman–Crippen MR) is 263 cm³/mol. The van der Waals surface area contributed by atoms with Crippen LogP contribution in [0.2, 0.25) is 0 Å². The number of ether oxygens (including phenoxy) is 1. The zero-order valence-electron chi connectivity index (χ0n) is 40.7. The normalized spacial score (nSPS) is 20.9. The van der Waals surface area contributed by atoms with Crippen LogP contribution in [-0.2, 0) is 20.9 Å². The van der Waals surface area contributed by atoms with Crippen molar-refractivity contribution in [1.29, 1.82) is 5.26 Å². The molecular formula is C54H57F2N11O6. The van der Waals surface area contributed by atoms with Crippen molar-refractivity contribution in [2.75, 3.05) is 77.0 Å². The first-order valence-corrected chi connectivity index (χ1v) is 25.3. The van der Waals surface area contributed by atoms with E-state index in [1.165, 1.54) is 11.8 Å². The summed E-state index contributed by atoms with van der Waals surface area (Å²) in [4.78, 5) is 79.7. The van der Waals surface area contributed by atoms with E-state index in [0.717, 1.165) is 79.7 Å². The van der Waals surface area contributed by atoms with Gasteiger partial charge in [0, 0.05) is 100 Å². The lowest BCUT2D eigenvalue weighted by molar-refractivity contribution is -0.161. The zero-order valence-corrected chi connectivity index (χ0v) is 40.7. The van der Waals surface area contributed by atoms with Gasteiger partial charge in [-0.25, -0.2) is 18.3 Å². The third-order valence-corrected chi connectivity index (χ3v) is 16.0. The maximum absolute atomic E-state index is 14.9. The Morgan fingerprint density at radius 3 is 2.44 bits per heavy atom. The van der Waals surface area contributed by atoms with Crippen molar-refractivity contribution >= 4 is 40.9 Å². The number of benzene rings is 2. The summed E-state index contributed by atoms with van der Waals surface area (Å²) in [6.45, 7) is 9.63. The van der Waals surface area contributed by atoms with E-state index in [1.54, 1.807) is 21.8 Å². The van der Waals surface area contributed by atoms with Crippen molar-refractivity contribution in [3.8, 4) is 22.9 Å². The van der Waals surface area contributed by atoms with Gasteiger partial charge in [0.05, 0.1) is 41.2 Å². The Kier molecular flexibility index (Phi) is 12.7.